The second-order valence-electron chi connectivity index (χ2n) is 8.05. The average molecular weight is 436 g/mol. The summed E-state index contributed by atoms with van der Waals surface area (Å²) in [5.41, 5.74) is 1.88. The zero-order valence-corrected chi connectivity index (χ0v) is 18.5. The Hall–Kier alpha value is -3.26. The Kier molecular flexibility index (Phi) is 7.11. The first kappa shape index (κ1) is 22.0. The Bertz CT molecular complexity index is 998. The molecule has 0 radical (unpaired) electrons. The number of hydrogen-bond acceptors (Lipinski definition) is 7. The predicted molar refractivity (Wildman–Crippen MR) is 120 cm³/mol. The van der Waals surface area contributed by atoms with Crippen molar-refractivity contribution in [3.8, 4) is 17.3 Å². The maximum Gasteiger partial charge on any atom is 0.237 e. The van der Waals surface area contributed by atoms with Crippen LogP contribution in [0.15, 0.2) is 53.2 Å². The standard InChI is InChI=1S/C24H29N5O3/c1-17(23(30)26-14-10-18-6-8-20(31-2)9-7-18)29-15-11-19(12-16-29)24-27-22(28-32-24)21-5-3-4-13-25-21/h3-9,13,17,19H,10-12,14-16H2,1-2H3,(H,26,30). The van der Waals surface area contributed by atoms with Gasteiger partial charge in [0, 0.05) is 18.7 Å². The van der Waals surface area contributed by atoms with E-state index in [1.807, 2.05) is 49.4 Å². The molecule has 2 aromatic heterocycles. The maximum absolute atomic E-state index is 12.6. The van der Waals surface area contributed by atoms with Crippen LogP contribution in [0.3, 0.4) is 0 Å². The lowest BCUT2D eigenvalue weighted by Gasteiger charge is -2.34. The number of nitrogens with zero attached hydrogens (tertiary/aromatic N) is 4. The summed E-state index contributed by atoms with van der Waals surface area (Å²) in [7, 11) is 1.65. The van der Waals surface area contributed by atoms with Gasteiger partial charge >= 0.3 is 0 Å². The van der Waals surface area contributed by atoms with Crippen LogP contribution in [0.2, 0.25) is 0 Å². The van der Waals surface area contributed by atoms with Crippen LogP contribution in [0.4, 0.5) is 0 Å². The molecule has 1 unspecified atom stereocenters. The van der Waals surface area contributed by atoms with Gasteiger partial charge in [-0.3, -0.25) is 14.7 Å². The lowest BCUT2D eigenvalue weighted by Crippen LogP contribution is -2.48. The molecule has 0 aliphatic carbocycles. The molecule has 1 saturated heterocycles. The van der Waals surface area contributed by atoms with E-state index in [9.17, 15) is 4.79 Å². The summed E-state index contributed by atoms with van der Waals surface area (Å²) in [6.07, 6.45) is 4.27. The minimum Gasteiger partial charge on any atom is -0.497 e. The van der Waals surface area contributed by atoms with Crippen LogP contribution in [-0.2, 0) is 11.2 Å². The summed E-state index contributed by atoms with van der Waals surface area (Å²) < 4.78 is 10.7. The molecule has 4 rings (SSSR count). The Labute approximate surface area is 188 Å². The normalized spacial score (nSPS) is 15.9. The van der Waals surface area contributed by atoms with Crippen molar-refractivity contribution < 1.29 is 14.1 Å². The summed E-state index contributed by atoms with van der Waals surface area (Å²) in [5.74, 6) is 2.28. The highest BCUT2D eigenvalue weighted by Gasteiger charge is 2.30. The molecule has 32 heavy (non-hydrogen) atoms. The van der Waals surface area contributed by atoms with Gasteiger partial charge in [-0.15, -0.1) is 0 Å². The molecule has 0 saturated carbocycles. The molecule has 0 spiro atoms. The van der Waals surface area contributed by atoms with Crippen LogP contribution in [-0.4, -0.2) is 58.7 Å². The number of rotatable bonds is 8. The van der Waals surface area contributed by atoms with Crippen molar-refractivity contribution >= 4 is 5.91 Å². The highest BCUT2D eigenvalue weighted by Crippen LogP contribution is 2.29. The fourth-order valence-electron chi connectivity index (χ4n) is 3.97. The molecule has 168 valence electrons. The number of aromatic nitrogens is 3. The van der Waals surface area contributed by atoms with E-state index in [1.54, 1.807) is 13.3 Å². The number of nitrogens with one attached hydrogen (secondary N) is 1. The van der Waals surface area contributed by atoms with E-state index in [2.05, 4.69) is 25.3 Å². The number of amides is 1. The van der Waals surface area contributed by atoms with Gasteiger partial charge in [0.25, 0.3) is 0 Å². The monoisotopic (exact) mass is 435 g/mol. The molecule has 1 aliphatic rings. The van der Waals surface area contributed by atoms with Crippen LogP contribution in [0, 0.1) is 0 Å². The van der Waals surface area contributed by atoms with Gasteiger partial charge in [-0.1, -0.05) is 23.4 Å². The molecular weight excluding hydrogens is 406 g/mol. The third kappa shape index (κ3) is 5.31. The quantitative estimate of drug-likeness (QED) is 0.581. The molecule has 0 bridgehead atoms. The molecule has 8 nitrogen and oxygen atoms in total. The Morgan fingerprint density at radius 3 is 2.69 bits per heavy atom. The van der Waals surface area contributed by atoms with Gasteiger partial charge in [-0.05, 0) is 69.1 Å². The third-order valence-corrected chi connectivity index (χ3v) is 6.01. The van der Waals surface area contributed by atoms with E-state index >= 15 is 0 Å². The SMILES string of the molecule is COc1ccc(CCNC(=O)C(C)N2CCC(c3nc(-c4ccccn4)no3)CC2)cc1. The lowest BCUT2D eigenvalue weighted by atomic mass is 9.95. The third-order valence-electron chi connectivity index (χ3n) is 6.01. The highest BCUT2D eigenvalue weighted by molar-refractivity contribution is 5.81. The molecule has 1 amide bonds. The van der Waals surface area contributed by atoms with E-state index in [4.69, 9.17) is 9.26 Å². The number of pyridine rings is 1. The van der Waals surface area contributed by atoms with Crippen molar-refractivity contribution in [1.82, 2.24) is 25.3 Å². The fraction of sp³-hybridized carbons (Fsp3) is 0.417. The van der Waals surface area contributed by atoms with Gasteiger partial charge in [0.2, 0.25) is 17.6 Å². The van der Waals surface area contributed by atoms with Gasteiger partial charge < -0.3 is 14.6 Å². The number of hydrogen-bond donors (Lipinski definition) is 1. The van der Waals surface area contributed by atoms with Crippen LogP contribution in [0.5, 0.6) is 5.75 Å². The van der Waals surface area contributed by atoms with Gasteiger partial charge in [-0.2, -0.15) is 4.98 Å². The first-order valence-corrected chi connectivity index (χ1v) is 11.0. The molecule has 1 atom stereocenters. The van der Waals surface area contributed by atoms with Crippen molar-refractivity contribution in [2.24, 2.45) is 0 Å². The van der Waals surface area contributed by atoms with Crippen molar-refractivity contribution in [3.63, 3.8) is 0 Å². The molecule has 1 aliphatic heterocycles. The largest absolute Gasteiger partial charge is 0.497 e. The second kappa shape index (κ2) is 10.4. The summed E-state index contributed by atoms with van der Waals surface area (Å²) in [5, 5.41) is 7.14. The highest BCUT2D eigenvalue weighted by atomic mass is 16.5. The number of likely N-dealkylation sites (tertiary alicyclic amines) is 1. The molecule has 1 N–H and O–H groups in total. The number of carbonyl (C=O) groups is 1. The Morgan fingerprint density at radius 2 is 2.00 bits per heavy atom. The van der Waals surface area contributed by atoms with Crippen molar-refractivity contribution in [1.29, 1.82) is 0 Å². The summed E-state index contributed by atoms with van der Waals surface area (Å²) in [6, 6.07) is 13.4. The minimum absolute atomic E-state index is 0.0622. The predicted octanol–water partition coefficient (Wildman–Crippen LogP) is 3.07. The molecule has 1 fully saturated rings. The molecule has 1 aromatic carbocycles. The first-order chi connectivity index (χ1) is 15.6. The van der Waals surface area contributed by atoms with E-state index < -0.39 is 0 Å². The van der Waals surface area contributed by atoms with Crippen LogP contribution in [0.1, 0.15) is 37.1 Å². The summed E-state index contributed by atoms with van der Waals surface area (Å²) >= 11 is 0. The zero-order chi connectivity index (χ0) is 22.3. The van der Waals surface area contributed by atoms with E-state index in [0.717, 1.165) is 38.1 Å². The van der Waals surface area contributed by atoms with Gasteiger partial charge in [-0.25, -0.2) is 0 Å². The zero-order valence-electron chi connectivity index (χ0n) is 18.5. The average Bonchev–Trinajstić information content (AvgIpc) is 3.35. The molecule has 8 heteroatoms. The molecule has 3 heterocycles. The van der Waals surface area contributed by atoms with Crippen molar-refractivity contribution in [2.45, 2.75) is 38.1 Å². The van der Waals surface area contributed by atoms with E-state index in [-0.39, 0.29) is 17.9 Å². The van der Waals surface area contributed by atoms with Crippen molar-refractivity contribution in [2.75, 3.05) is 26.7 Å². The first-order valence-electron chi connectivity index (χ1n) is 11.0. The maximum atomic E-state index is 12.6. The smallest absolute Gasteiger partial charge is 0.237 e. The second-order valence-corrected chi connectivity index (χ2v) is 8.05. The Balaban J connectivity index is 1.23. The molecular formula is C24H29N5O3. The van der Waals surface area contributed by atoms with Crippen LogP contribution in [0.25, 0.3) is 11.5 Å². The lowest BCUT2D eigenvalue weighted by molar-refractivity contribution is -0.126. The van der Waals surface area contributed by atoms with E-state index in [0.29, 0.717) is 24.0 Å². The van der Waals surface area contributed by atoms with Crippen molar-refractivity contribution in [3.05, 3.63) is 60.1 Å². The van der Waals surface area contributed by atoms with Crippen LogP contribution >= 0.6 is 0 Å². The van der Waals surface area contributed by atoms with Gasteiger partial charge in [0.15, 0.2) is 0 Å². The number of ether oxygens (including phenoxy) is 1. The number of methoxy groups -OCH3 is 1. The Morgan fingerprint density at radius 1 is 1.22 bits per heavy atom. The fourth-order valence-corrected chi connectivity index (χ4v) is 3.97. The van der Waals surface area contributed by atoms with Gasteiger partial charge in [0.1, 0.15) is 11.4 Å². The number of carbonyl (C=O) groups excluding carboxylic acids is 1. The van der Waals surface area contributed by atoms with Crippen LogP contribution < -0.4 is 10.1 Å². The van der Waals surface area contributed by atoms with Gasteiger partial charge in [0.05, 0.1) is 13.2 Å². The number of benzene rings is 1. The molecule has 3 aromatic rings. The number of piperidine rings is 1. The minimum atomic E-state index is -0.168. The topological polar surface area (TPSA) is 93.4 Å². The van der Waals surface area contributed by atoms with E-state index in [1.165, 1.54) is 5.56 Å². The summed E-state index contributed by atoms with van der Waals surface area (Å²) in [6.45, 7) is 4.22. The summed E-state index contributed by atoms with van der Waals surface area (Å²) in [4.78, 5) is 23.7.